The minimum atomic E-state index is -8.75. The van der Waals surface area contributed by atoms with E-state index >= 15 is 0 Å². The van der Waals surface area contributed by atoms with Gasteiger partial charge in [-0.3, -0.25) is 4.79 Å². The average molecular weight is 1380 g/mol. The zero-order valence-corrected chi connectivity index (χ0v) is 44.8. The van der Waals surface area contributed by atoms with E-state index in [9.17, 15) is 164 Å². The molecule has 43 heteroatoms. The number of esters is 2. The number of halogens is 33. The van der Waals surface area contributed by atoms with Crippen molar-refractivity contribution in [3.8, 4) is 11.5 Å². The molecule has 0 fully saturated rings. The fourth-order valence-electron chi connectivity index (χ4n) is 6.41. The number of alkyl carbamates (subject to hydrolysis) is 1. The fraction of sp³-hybridized carbons (Fsp3) is 0.674. The predicted molar refractivity (Wildman–Crippen MR) is 231 cm³/mol. The van der Waals surface area contributed by atoms with E-state index in [2.05, 4.69) is 9.47 Å². The number of nitrogens with two attached hydrogens (primary N) is 1. The minimum absolute atomic E-state index is 0.0207. The van der Waals surface area contributed by atoms with Gasteiger partial charge in [0.15, 0.2) is 11.5 Å². The summed E-state index contributed by atoms with van der Waals surface area (Å²) in [4.78, 5) is 36.5. The second-order valence-electron chi connectivity index (χ2n) is 20.0. The van der Waals surface area contributed by atoms with Crippen molar-refractivity contribution in [2.45, 2.75) is 180 Å². The highest BCUT2D eigenvalue weighted by Gasteiger charge is 2.96. The van der Waals surface area contributed by atoms with Crippen LogP contribution in [0.1, 0.15) is 62.8 Å². The van der Waals surface area contributed by atoms with Gasteiger partial charge in [0.2, 0.25) is 0 Å². The highest BCUT2D eigenvalue weighted by molar-refractivity contribution is 5.82. The van der Waals surface area contributed by atoms with E-state index < -0.39 is 188 Å². The summed E-state index contributed by atoms with van der Waals surface area (Å²) in [6.45, 7) is 1.90. The van der Waals surface area contributed by atoms with Gasteiger partial charge in [0.25, 0.3) is 0 Å². The Morgan fingerprint density at radius 1 is 0.438 bits per heavy atom. The number of phenols is 2. The first kappa shape index (κ1) is 80.9. The molecule has 2 rings (SSSR count). The molecular weight excluding hydrogens is 1340 g/mol. The number of aryl methyl sites for hydroxylation is 2. The third-order valence-corrected chi connectivity index (χ3v) is 11.9. The quantitative estimate of drug-likeness (QED) is 0.0311. The molecule has 0 spiro atoms. The van der Waals surface area contributed by atoms with Gasteiger partial charge in [-0.15, -0.1) is 0 Å². The first-order valence-corrected chi connectivity index (χ1v) is 23.3. The number of amides is 1. The topological polar surface area (TPSA) is 157 Å². The molecular formula is C46H43F33N2O8. The number of alkyl halides is 33. The highest BCUT2D eigenvalue weighted by atomic mass is 19.4. The van der Waals surface area contributed by atoms with Gasteiger partial charge in [-0.2, -0.15) is 145 Å². The van der Waals surface area contributed by atoms with Crippen molar-refractivity contribution in [2.24, 2.45) is 5.73 Å². The van der Waals surface area contributed by atoms with Crippen LogP contribution in [0.25, 0.3) is 0 Å². The largest absolute Gasteiger partial charge is 0.504 e. The standard InChI is InChI=1S/C26H26F17NO4.C20H17F16NO4/c1-12-6-7-14(10-13(12)2)11-15(44-17(46)48-18(3,4)5)16(45)47-9-8-19(27,28)20(29,30)21(31,32)22(33,34)23(35,36)24(37,38)25(39,40)26(41,42)43;1-13(21,22)15(25,26)17(29,30)19(33,34)20(35,36)18(31,32)16(27,28)14(23,24)4-5-41-12(40)9(37)6-8-2-3-10(38)11(39)7-8/h6-7,10,15H,8-9,11H2,1-5H3,(H,44,46);2-3,7,9,38-39H,4-6,37H2,1H3. The maximum absolute atomic E-state index is 14.2. The van der Waals surface area contributed by atoms with Crippen LogP contribution in [-0.4, -0.2) is 154 Å². The molecule has 0 aliphatic carbocycles. The molecule has 0 aliphatic heterocycles. The van der Waals surface area contributed by atoms with Crippen molar-refractivity contribution in [1.29, 1.82) is 0 Å². The van der Waals surface area contributed by atoms with Crippen LogP contribution in [0.2, 0.25) is 0 Å². The summed E-state index contributed by atoms with van der Waals surface area (Å²) >= 11 is 0. The van der Waals surface area contributed by atoms with Gasteiger partial charge in [0.05, 0.1) is 26.1 Å². The molecule has 2 aromatic rings. The molecule has 0 radical (unpaired) electrons. The molecule has 2 unspecified atom stereocenters. The van der Waals surface area contributed by atoms with E-state index in [1.807, 2.05) is 5.32 Å². The Morgan fingerprint density at radius 2 is 0.775 bits per heavy atom. The molecule has 2 atom stereocenters. The second kappa shape index (κ2) is 25.5. The molecule has 0 bridgehead atoms. The van der Waals surface area contributed by atoms with Crippen molar-refractivity contribution in [1.82, 2.24) is 5.32 Å². The summed E-state index contributed by atoms with van der Waals surface area (Å²) in [5, 5.41) is 20.4. The lowest BCUT2D eigenvalue weighted by molar-refractivity contribution is -0.461. The van der Waals surface area contributed by atoms with Gasteiger partial charge in [0, 0.05) is 13.3 Å². The molecule has 0 saturated carbocycles. The van der Waals surface area contributed by atoms with E-state index in [0.717, 1.165) is 23.8 Å². The molecule has 0 aromatic heterocycles. The van der Waals surface area contributed by atoms with E-state index in [4.69, 9.17) is 15.6 Å². The maximum atomic E-state index is 14.2. The van der Waals surface area contributed by atoms with E-state index in [0.29, 0.717) is 5.56 Å². The zero-order valence-electron chi connectivity index (χ0n) is 44.8. The molecule has 516 valence electrons. The smallest absolute Gasteiger partial charge is 0.460 e. The van der Waals surface area contributed by atoms with Crippen LogP contribution in [0.15, 0.2) is 36.4 Å². The van der Waals surface area contributed by atoms with Crippen LogP contribution in [0.4, 0.5) is 150 Å². The number of carbonyl (C=O) groups excluding carboxylic acids is 3. The van der Waals surface area contributed by atoms with Gasteiger partial charge < -0.3 is 35.5 Å². The number of carbonyl (C=O) groups is 3. The van der Waals surface area contributed by atoms with Crippen LogP contribution < -0.4 is 11.1 Å². The summed E-state index contributed by atoms with van der Waals surface area (Å²) in [6.07, 6.45) is -16.2. The van der Waals surface area contributed by atoms with Crippen molar-refractivity contribution in [3.05, 3.63) is 58.7 Å². The SMILES string of the molecule is CC(F)(F)C(F)(F)C(F)(F)C(F)(F)C(F)(F)C(F)(F)C(F)(F)C(F)(F)CCOC(=O)C(N)Cc1ccc(O)c(O)c1.Cc1ccc(CC(NC(=O)OC(C)(C)C)C(=O)OCCC(F)(F)C(F)(F)C(F)(F)C(F)(F)C(F)(F)C(F)(F)C(F)(F)C(F)(F)F)cc1C. The summed E-state index contributed by atoms with van der Waals surface area (Å²) in [7, 11) is 0. The monoisotopic (exact) mass is 1380 g/mol. The number of hydrogen-bond acceptors (Lipinski definition) is 9. The number of nitrogens with one attached hydrogen (secondary N) is 1. The van der Waals surface area contributed by atoms with Crippen LogP contribution in [0.5, 0.6) is 11.5 Å². The molecule has 89 heavy (non-hydrogen) atoms. The lowest BCUT2D eigenvalue weighted by atomic mass is 9.87. The summed E-state index contributed by atoms with van der Waals surface area (Å²) in [6, 6.07) is 3.44. The first-order valence-electron chi connectivity index (χ1n) is 23.3. The second-order valence-corrected chi connectivity index (χ2v) is 20.0. The third kappa shape index (κ3) is 15.3. The van der Waals surface area contributed by atoms with E-state index in [-0.39, 0.29) is 11.1 Å². The third-order valence-electron chi connectivity index (χ3n) is 11.9. The molecule has 0 aliphatic rings. The molecule has 5 N–H and O–H groups in total. The van der Waals surface area contributed by atoms with Crippen molar-refractivity contribution >= 4 is 18.0 Å². The van der Waals surface area contributed by atoms with Gasteiger partial charge in [-0.25, -0.2) is 9.59 Å². The lowest BCUT2D eigenvalue weighted by Crippen LogP contribution is -2.74. The Bertz CT molecular complexity index is 2790. The summed E-state index contributed by atoms with van der Waals surface area (Å²) < 4.78 is 458. The molecule has 0 heterocycles. The minimum Gasteiger partial charge on any atom is -0.504 e. The Balaban J connectivity index is 0.000000901. The molecule has 2 aromatic carbocycles. The molecule has 1 amide bonds. The van der Waals surface area contributed by atoms with Gasteiger partial charge in [-0.05, 0) is 75.4 Å². The fourth-order valence-corrected chi connectivity index (χ4v) is 6.41. The van der Waals surface area contributed by atoms with Crippen LogP contribution in [0, 0.1) is 13.8 Å². The van der Waals surface area contributed by atoms with Crippen LogP contribution in [-0.2, 0) is 36.6 Å². The predicted octanol–water partition coefficient (Wildman–Crippen LogP) is 14.7. The van der Waals surface area contributed by atoms with Gasteiger partial charge in [0.1, 0.15) is 17.7 Å². The number of aromatic hydroxyl groups is 2. The Kier molecular flexibility index (Phi) is 23.2. The highest BCUT2D eigenvalue weighted by Crippen LogP contribution is 2.66. The van der Waals surface area contributed by atoms with Crippen LogP contribution in [0.3, 0.4) is 0 Å². The number of benzene rings is 2. The lowest BCUT2D eigenvalue weighted by Gasteiger charge is -2.43. The first-order chi connectivity index (χ1) is 39.0. The normalized spacial score (nSPS) is 15.4. The summed E-state index contributed by atoms with van der Waals surface area (Å²) in [5.74, 6) is -124. The van der Waals surface area contributed by atoms with Gasteiger partial charge >= 0.3 is 113 Å². The number of ether oxygens (including phenoxy) is 3. The number of rotatable bonds is 26. The zero-order chi connectivity index (χ0) is 71.2. The van der Waals surface area contributed by atoms with E-state index in [1.54, 1.807) is 13.8 Å². The Morgan fingerprint density at radius 3 is 1.12 bits per heavy atom. The molecule has 0 saturated heterocycles. The van der Waals surface area contributed by atoms with E-state index in [1.165, 1.54) is 39.0 Å². The Labute approximate surface area is 476 Å². The Hall–Kier alpha value is -6.10. The number of hydrogen-bond donors (Lipinski definition) is 4. The van der Waals surface area contributed by atoms with Crippen LogP contribution >= 0.6 is 0 Å². The van der Waals surface area contributed by atoms with Gasteiger partial charge in [-0.1, -0.05) is 24.3 Å². The molecule has 10 nitrogen and oxygen atoms in total. The van der Waals surface area contributed by atoms with Crippen molar-refractivity contribution in [2.75, 3.05) is 13.2 Å². The van der Waals surface area contributed by atoms with Crippen molar-refractivity contribution in [3.63, 3.8) is 0 Å². The maximum Gasteiger partial charge on any atom is 0.460 e. The number of phenolic OH excluding ortho intramolecular Hbond substituents is 2. The summed E-state index contributed by atoms with van der Waals surface area (Å²) in [5.41, 5.74) is 5.71. The average Bonchev–Trinajstić information content (AvgIpc) is 0.710. The van der Waals surface area contributed by atoms with Crippen molar-refractivity contribution < 1.29 is 184 Å².